The van der Waals surface area contributed by atoms with Crippen LogP contribution in [0.25, 0.3) is 0 Å². The number of amides is 1. The van der Waals surface area contributed by atoms with Crippen LogP contribution in [0.15, 0.2) is 29.4 Å². The van der Waals surface area contributed by atoms with Crippen molar-refractivity contribution >= 4 is 12.1 Å². The van der Waals surface area contributed by atoms with Crippen molar-refractivity contribution < 1.29 is 9.18 Å². The van der Waals surface area contributed by atoms with Gasteiger partial charge in [-0.2, -0.15) is 5.10 Å². The van der Waals surface area contributed by atoms with Gasteiger partial charge >= 0.3 is 0 Å². The van der Waals surface area contributed by atoms with Gasteiger partial charge in [-0.1, -0.05) is 50.8 Å². The number of carbonyl (C=O) groups is 1. The summed E-state index contributed by atoms with van der Waals surface area (Å²) in [6.45, 7) is 2.16. The molecular formula is C15H21FN2O. The van der Waals surface area contributed by atoms with Crippen molar-refractivity contribution in [3.8, 4) is 0 Å². The Bertz CT molecular complexity index is 418. The molecule has 0 spiro atoms. The molecule has 0 aliphatic rings. The van der Waals surface area contributed by atoms with E-state index in [1.54, 1.807) is 18.2 Å². The molecule has 19 heavy (non-hydrogen) atoms. The van der Waals surface area contributed by atoms with Gasteiger partial charge in [0.2, 0.25) is 5.91 Å². The van der Waals surface area contributed by atoms with Crippen LogP contribution in [0.3, 0.4) is 0 Å². The topological polar surface area (TPSA) is 41.5 Å². The number of hydrogen-bond donors (Lipinski definition) is 1. The minimum atomic E-state index is -0.347. The van der Waals surface area contributed by atoms with Gasteiger partial charge in [0.05, 0.1) is 6.21 Å². The maximum Gasteiger partial charge on any atom is 0.240 e. The molecule has 1 aromatic carbocycles. The fourth-order valence-corrected chi connectivity index (χ4v) is 1.70. The normalized spacial score (nSPS) is 10.8. The minimum absolute atomic E-state index is 0.121. The van der Waals surface area contributed by atoms with Crippen LogP contribution in [0.1, 0.15) is 51.0 Å². The van der Waals surface area contributed by atoms with Crippen LogP contribution in [0.4, 0.5) is 4.39 Å². The Labute approximate surface area is 113 Å². The second-order valence-electron chi connectivity index (χ2n) is 4.48. The highest BCUT2D eigenvalue weighted by Crippen LogP contribution is 2.05. The zero-order valence-electron chi connectivity index (χ0n) is 11.4. The molecule has 0 radical (unpaired) electrons. The van der Waals surface area contributed by atoms with Crippen molar-refractivity contribution in [3.05, 3.63) is 35.6 Å². The molecule has 1 aromatic rings. The van der Waals surface area contributed by atoms with Crippen molar-refractivity contribution in [1.29, 1.82) is 0 Å². The van der Waals surface area contributed by atoms with Gasteiger partial charge in [-0.25, -0.2) is 9.82 Å². The predicted molar refractivity (Wildman–Crippen MR) is 75.5 cm³/mol. The largest absolute Gasteiger partial charge is 0.273 e. The highest BCUT2D eigenvalue weighted by Gasteiger charge is 2.00. The molecule has 0 fully saturated rings. The summed E-state index contributed by atoms with van der Waals surface area (Å²) in [5, 5.41) is 3.75. The lowest BCUT2D eigenvalue weighted by molar-refractivity contribution is -0.121. The number of nitrogens with zero attached hydrogens (tertiary/aromatic N) is 1. The van der Waals surface area contributed by atoms with Crippen molar-refractivity contribution in [2.24, 2.45) is 5.10 Å². The number of benzene rings is 1. The van der Waals surface area contributed by atoms with E-state index in [0.717, 1.165) is 12.8 Å². The van der Waals surface area contributed by atoms with Crippen LogP contribution in [-0.2, 0) is 4.79 Å². The van der Waals surface area contributed by atoms with Gasteiger partial charge in [0.1, 0.15) is 5.82 Å². The summed E-state index contributed by atoms with van der Waals surface area (Å²) in [5.41, 5.74) is 2.78. The van der Waals surface area contributed by atoms with Crippen LogP contribution in [0.5, 0.6) is 0 Å². The maximum atomic E-state index is 13.2. The smallest absolute Gasteiger partial charge is 0.240 e. The van der Waals surface area contributed by atoms with Gasteiger partial charge < -0.3 is 0 Å². The van der Waals surface area contributed by atoms with E-state index in [9.17, 15) is 9.18 Å². The highest BCUT2D eigenvalue weighted by atomic mass is 19.1. The molecule has 0 aromatic heterocycles. The molecule has 104 valence electrons. The summed E-state index contributed by atoms with van der Waals surface area (Å²) in [4.78, 5) is 11.4. The Morgan fingerprint density at radius 3 is 2.74 bits per heavy atom. The zero-order chi connectivity index (χ0) is 13.9. The van der Waals surface area contributed by atoms with E-state index in [1.807, 2.05) is 0 Å². The molecule has 0 aliphatic heterocycles. The molecule has 0 aliphatic carbocycles. The van der Waals surface area contributed by atoms with Crippen LogP contribution in [0.2, 0.25) is 0 Å². The Hall–Kier alpha value is -1.71. The Morgan fingerprint density at radius 1 is 1.26 bits per heavy atom. The van der Waals surface area contributed by atoms with Gasteiger partial charge in [0, 0.05) is 12.0 Å². The van der Waals surface area contributed by atoms with Crippen LogP contribution in [0, 0.1) is 5.82 Å². The molecule has 1 N–H and O–H groups in total. The van der Waals surface area contributed by atoms with E-state index < -0.39 is 0 Å². The fraction of sp³-hybridized carbons (Fsp3) is 0.467. The van der Waals surface area contributed by atoms with E-state index in [0.29, 0.717) is 12.0 Å². The molecule has 0 atom stereocenters. The zero-order valence-corrected chi connectivity index (χ0v) is 11.4. The lowest BCUT2D eigenvalue weighted by Crippen LogP contribution is -2.17. The van der Waals surface area contributed by atoms with E-state index in [-0.39, 0.29) is 11.7 Å². The second kappa shape index (κ2) is 9.25. The van der Waals surface area contributed by atoms with Crippen LogP contribution >= 0.6 is 0 Å². The minimum Gasteiger partial charge on any atom is -0.273 e. The molecule has 0 saturated heterocycles. The fourth-order valence-electron chi connectivity index (χ4n) is 1.70. The first kappa shape index (κ1) is 15.3. The predicted octanol–water partition coefficient (Wildman–Crippen LogP) is 3.64. The van der Waals surface area contributed by atoms with Gasteiger partial charge in [0.15, 0.2) is 0 Å². The van der Waals surface area contributed by atoms with Crippen LogP contribution < -0.4 is 5.43 Å². The Balaban J connectivity index is 2.21. The number of carbonyl (C=O) groups excluding carboxylic acids is 1. The number of hydrogen-bond acceptors (Lipinski definition) is 2. The molecule has 1 amide bonds. The summed E-state index contributed by atoms with van der Waals surface area (Å²) in [5.74, 6) is -0.468. The highest BCUT2D eigenvalue weighted by molar-refractivity contribution is 5.82. The third kappa shape index (κ3) is 6.70. The van der Waals surface area contributed by atoms with Gasteiger partial charge in [-0.05, 0) is 12.5 Å². The summed E-state index contributed by atoms with van der Waals surface area (Å²) in [7, 11) is 0. The lowest BCUT2D eigenvalue weighted by Gasteiger charge is -2.00. The average molecular weight is 264 g/mol. The van der Waals surface area contributed by atoms with Crippen molar-refractivity contribution in [2.75, 3.05) is 0 Å². The molecular weight excluding hydrogens is 243 g/mol. The molecule has 0 heterocycles. The van der Waals surface area contributed by atoms with E-state index in [1.165, 1.54) is 31.5 Å². The van der Waals surface area contributed by atoms with Crippen molar-refractivity contribution in [2.45, 2.75) is 45.4 Å². The first-order valence-electron chi connectivity index (χ1n) is 6.80. The summed E-state index contributed by atoms with van der Waals surface area (Å²) >= 11 is 0. The number of hydrazone groups is 1. The van der Waals surface area contributed by atoms with Crippen molar-refractivity contribution in [1.82, 2.24) is 5.43 Å². The monoisotopic (exact) mass is 264 g/mol. The van der Waals surface area contributed by atoms with E-state index in [2.05, 4.69) is 17.5 Å². The molecule has 0 unspecified atom stereocenters. The van der Waals surface area contributed by atoms with E-state index in [4.69, 9.17) is 0 Å². The molecule has 1 rings (SSSR count). The summed E-state index contributed by atoms with van der Waals surface area (Å²) < 4.78 is 13.2. The van der Waals surface area contributed by atoms with Gasteiger partial charge in [0.25, 0.3) is 0 Å². The number of nitrogens with one attached hydrogen (secondary N) is 1. The third-order valence-electron chi connectivity index (χ3n) is 2.81. The first-order chi connectivity index (χ1) is 9.24. The third-order valence-corrected chi connectivity index (χ3v) is 2.81. The number of halogens is 1. The second-order valence-corrected chi connectivity index (χ2v) is 4.48. The molecule has 4 heteroatoms. The number of unbranched alkanes of at least 4 members (excludes halogenated alkanes) is 4. The van der Waals surface area contributed by atoms with Gasteiger partial charge in [-0.15, -0.1) is 0 Å². The molecule has 0 saturated carbocycles. The Morgan fingerprint density at radius 2 is 2.00 bits per heavy atom. The summed E-state index contributed by atoms with van der Waals surface area (Å²) in [6.07, 6.45) is 7.32. The SMILES string of the molecule is CCCCCCCC(=O)NN=Cc1ccccc1F. The summed E-state index contributed by atoms with van der Waals surface area (Å²) in [6, 6.07) is 6.30. The molecule has 0 bridgehead atoms. The number of rotatable bonds is 8. The van der Waals surface area contributed by atoms with Crippen LogP contribution in [-0.4, -0.2) is 12.1 Å². The Kier molecular flexibility index (Phi) is 7.47. The standard InChI is InChI=1S/C15H21FN2O/c1-2-3-4-5-6-11-15(19)18-17-12-13-9-7-8-10-14(13)16/h7-10,12H,2-6,11H2,1H3,(H,18,19). The molecule has 3 nitrogen and oxygen atoms in total. The maximum absolute atomic E-state index is 13.2. The lowest BCUT2D eigenvalue weighted by atomic mass is 10.1. The average Bonchev–Trinajstić information content (AvgIpc) is 2.41. The quantitative estimate of drug-likeness (QED) is 0.435. The first-order valence-corrected chi connectivity index (χ1v) is 6.80. The van der Waals surface area contributed by atoms with E-state index >= 15 is 0 Å². The van der Waals surface area contributed by atoms with Crippen molar-refractivity contribution in [3.63, 3.8) is 0 Å². The van der Waals surface area contributed by atoms with Gasteiger partial charge in [-0.3, -0.25) is 4.79 Å².